The number of anilines is 1. The van der Waals surface area contributed by atoms with Gasteiger partial charge in [0, 0.05) is 44.0 Å². The average Bonchev–Trinajstić information content (AvgIpc) is 3.22. The van der Waals surface area contributed by atoms with E-state index in [9.17, 15) is 0 Å². The molecule has 0 unspecified atom stereocenters. The van der Waals surface area contributed by atoms with E-state index in [-0.39, 0.29) is 0 Å². The van der Waals surface area contributed by atoms with Crippen LogP contribution in [0.25, 0.3) is 0 Å². The predicted molar refractivity (Wildman–Crippen MR) is 73.2 cm³/mol. The van der Waals surface area contributed by atoms with Crippen LogP contribution in [0.4, 0.5) is 5.82 Å². The molecule has 1 saturated carbocycles. The fourth-order valence-electron chi connectivity index (χ4n) is 2.85. The molecule has 3 rings (SSSR count). The second kappa shape index (κ2) is 5.24. The maximum Gasteiger partial charge on any atom is 0.128 e. The maximum absolute atomic E-state index is 6.07. The average molecular weight is 246 g/mol. The molecule has 4 heteroatoms. The minimum Gasteiger partial charge on any atom is -0.383 e. The third-order valence-corrected chi connectivity index (χ3v) is 4.08. The fraction of sp³-hybridized carbons (Fsp3) is 0.643. The number of hydrogen-bond donors (Lipinski definition) is 2. The molecular formula is C14H22N4. The summed E-state index contributed by atoms with van der Waals surface area (Å²) < 4.78 is 0. The zero-order valence-corrected chi connectivity index (χ0v) is 10.8. The van der Waals surface area contributed by atoms with E-state index in [4.69, 9.17) is 5.73 Å². The van der Waals surface area contributed by atoms with E-state index in [1.807, 2.05) is 6.07 Å². The molecule has 0 aromatic carbocycles. The number of nitrogen functional groups attached to an aromatic ring is 1. The van der Waals surface area contributed by atoms with Crippen LogP contribution >= 0.6 is 0 Å². The molecule has 1 aliphatic carbocycles. The summed E-state index contributed by atoms with van der Waals surface area (Å²) >= 11 is 0. The monoisotopic (exact) mass is 246 g/mol. The Hall–Kier alpha value is -1.13. The van der Waals surface area contributed by atoms with Gasteiger partial charge in [-0.15, -0.1) is 0 Å². The van der Waals surface area contributed by atoms with Crippen molar-refractivity contribution in [3.63, 3.8) is 0 Å². The molecule has 0 amide bonds. The van der Waals surface area contributed by atoms with E-state index in [2.05, 4.69) is 21.3 Å². The first-order chi connectivity index (χ1) is 8.84. The fourth-order valence-corrected chi connectivity index (χ4v) is 2.85. The molecular weight excluding hydrogens is 224 g/mol. The summed E-state index contributed by atoms with van der Waals surface area (Å²) in [4.78, 5) is 6.83. The van der Waals surface area contributed by atoms with Crippen LogP contribution in [-0.4, -0.2) is 36.1 Å². The van der Waals surface area contributed by atoms with Gasteiger partial charge in [-0.25, -0.2) is 4.98 Å². The summed E-state index contributed by atoms with van der Waals surface area (Å²) in [7, 11) is 0. The van der Waals surface area contributed by atoms with Crippen molar-refractivity contribution in [2.75, 3.05) is 31.9 Å². The lowest BCUT2D eigenvalue weighted by molar-refractivity contribution is 0.161. The number of aromatic nitrogens is 1. The van der Waals surface area contributed by atoms with E-state index in [1.54, 1.807) is 6.20 Å². The molecule has 2 fully saturated rings. The maximum atomic E-state index is 6.07. The van der Waals surface area contributed by atoms with E-state index in [0.29, 0.717) is 11.9 Å². The highest BCUT2D eigenvalue weighted by atomic mass is 15.2. The SMILES string of the molecule is Nc1ncccc1[C@@H](CC1CC1)N1CCNCC1. The molecule has 2 aliphatic rings. The largest absolute Gasteiger partial charge is 0.383 e. The van der Waals surface area contributed by atoms with Crippen LogP contribution in [-0.2, 0) is 0 Å². The van der Waals surface area contributed by atoms with Crippen LogP contribution < -0.4 is 11.1 Å². The highest BCUT2D eigenvalue weighted by molar-refractivity contribution is 5.41. The highest BCUT2D eigenvalue weighted by Crippen LogP contribution is 2.41. The number of nitrogens with two attached hydrogens (primary N) is 1. The number of hydrogen-bond acceptors (Lipinski definition) is 4. The number of nitrogens with zero attached hydrogens (tertiary/aromatic N) is 2. The molecule has 1 saturated heterocycles. The Labute approximate surface area is 109 Å². The Morgan fingerprint density at radius 1 is 1.39 bits per heavy atom. The lowest BCUT2D eigenvalue weighted by Crippen LogP contribution is -2.45. The van der Waals surface area contributed by atoms with Gasteiger partial charge < -0.3 is 11.1 Å². The van der Waals surface area contributed by atoms with Gasteiger partial charge in [-0.05, 0) is 18.4 Å². The summed E-state index contributed by atoms with van der Waals surface area (Å²) in [6.45, 7) is 4.40. The van der Waals surface area contributed by atoms with Gasteiger partial charge in [0.25, 0.3) is 0 Å². The van der Waals surface area contributed by atoms with Gasteiger partial charge in [0.05, 0.1) is 0 Å². The van der Waals surface area contributed by atoms with Gasteiger partial charge in [0.2, 0.25) is 0 Å². The molecule has 1 aromatic rings. The zero-order chi connectivity index (χ0) is 12.4. The van der Waals surface area contributed by atoms with Crippen molar-refractivity contribution in [3.8, 4) is 0 Å². The molecule has 0 radical (unpaired) electrons. The Kier molecular flexibility index (Phi) is 3.48. The summed E-state index contributed by atoms with van der Waals surface area (Å²) in [5.74, 6) is 1.62. The molecule has 1 atom stereocenters. The van der Waals surface area contributed by atoms with Crippen LogP contribution in [0.1, 0.15) is 30.9 Å². The first-order valence-corrected chi connectivity index (χ1v) is 7.00. The van der Waals surface area contributed by atoms with Gasteiger partial charge >= 0.3 is 0 Å². The minimum atomic E-state index is 0.466. The third kappa shape index (κ3) is 2.65. The standard InChI is InChI=1S/C14H22N4/c15-14-12(2-1-5-17-14)13(10-11-3-4-11)18-8-6-16-7-9-18/h1-2,5,11,13,16H,3-4,6-10H2,(H2,15,17)/t13-/m1/s1. The number of piperazine rings is 1. The van der Waals surface area contributed by atoms with E-state index in [0.717, 1.165) is 32.1 Å². The van der Waals surface area contributed by atoms with Crippen molar-refractivity contribution in [3.05, 3.63) is 23.9 Å². The van der Waals surface area contributed by atoms with Crippen molar-refractivity contribution < 1.29 is 0 Å². The number of pyridine rings is 1. The molecule has 4 nitrogen and oxygen atoms in total. The Balaban J connectivity index is 1.81. The van der Waals surface area contributed by atoms with Crippen LogP contribution in [0.3, 0.4) is 0 Å². The molecule has 1 aromatic heterocycles. The molecule has 3 N–H and O–H groups in total. The Morgan fingerprint density at radius 3 is 2.83 bits per heavy atom. The second-order valence-corrected chi connectivity index (χ2v) is 5.46. The van der Waals surface area contributed by atoms with Crippen LogP contribution in [0.2, 0.25) is 0 Å². The summed E-state index contributed by atoms with van der Waals surface area (Å²) in [5, 5.41) is 3.42. The number of nitrogens with one attached hydrogen (secondary N) is 1. The molecule has 2 heterocycles. The summed E-state index contributed by atoms with van der Waals surface area (Å²) in [6, 6.07) is 4.62. The first kappa shape index (κ1) is 11.9. The third-order valence-electron chi connectivity index (χ3n) is 4.08. The molecule has 0 bridgehead atoms. The summed E-state index contributed by atoms with van der Waals surface area (Å²) in [6.07, 6.45) is 5.81. The van der Waals surface area contributed by atoms with Crippen LogP contribution in [0, 0.1) is 5.92 Å². The summed E-state index contributed by atoms with van der Waals surface area (Å²) in [5.41, 5.74) is 7.30. The normalized spacial score (nSPS) is 22.9. The molecule has 18 heavy (non-hydrogen) atoms. The Morgan fingerprint density at radius 2 is 2.17 bits per heavy atom. The van der Waals surface area contributed by atoms with E-state index in [1.165, 1.54) is 24.8 Å². The topological polar surface area (TPSA) is 54.2 Å². The zero-order valence-electron chi connectivity index (χ0n) is 10.8. The molecule has 98 valence electrons. The van der Waals surface area contributed by atoms with E-state index >= 15 is 0 Å². The van der Waals surface area contributed by atoms with Gasteiger partial charge in [0.15, 0.2) is 0 Å². The number of rotatable bonds is 4. The van der Waals surface area contributed by atoms with Gasteiger partial charge in [-0.2, -0.15) is 0 Å². The van der Waals surface area contributed by atoms with Crippen molar-refractivity contribution in [2.24, 2.45) is 5.92 Å². The second-order valence-electron chi connectivity index (χ2n) is 5.46. The van der Waals surface area contributed by atoms with Crippen LogP contribution in [0.5, 0.6) is 0 Å². The lowest BCUT2D eigenvalue weighted by atomic mass is 9.99. The smallest absolute Gasteiger partial charge is 0.128 e. The van der Waals surface area contributed by atoms with Crippen molar-refractivity contribution in [1.29, 1.82) is 0 Å². The van der Waals surface area contributed by atoms with Crippen molar-refractivity contribution >= 4 is 5.82 Å². The van der Waals surface area contributed by atoms with Crippen LogP contribution in [0.15, 0.2) is 18.3 Å². The van der Waals surface area contributed by atoms with Gasteiger partial charge in [0.1, 0.15) is 5.82 Å². The molecule has 0 spiro atoms. The minimum absolute atomic E-state index is 0.466. The van der Waals surface area contributed by atoms with Gasteiger partial charge in [-0.3, -0.25) is 4.90 Å². The van der Waals surface area contributed by atoms with E-state index < -0.39 is 0 Å². The van der Waals surface area contributed by atoms with Crippen molar-refractivity contribution in [1.82, 2.24) is 15.2 Å². The van der Waals surface area contributed by atoms with Crippen molar-refractivity contribution in [2.45, 2.75) is 25.3 Å². The Bertz CT molecular complexity index is 397. The molecule has 1 aliphatic heterocycles. The van der Waals surface area contributed by atoms with Gasteiger partial charge in [-0.1, -0.05) is 18.9 Å². The first-order valence-electron chi connectivity index (χ1n) is 7.00. The predicted octanol–water partition coefficient (Wildman–Crippen LogP) is 1.41. The highest BCUT2D eigenvalue weighted by Gasteiger charge is 2.31. The lowest BCUT2D eigenvalue weighted by Gasteiger charge is -2.35. The quantitative estimate of drug-likeness (QED) is 0.843.